The average molecular weight is 131 g/mol. The zero-order valence-electron chi connectivity index (χ0n) is 6.18. The molecule has 50 valence electrons. The Hall–Kier alpha value is -1.11. The Labute approximate surface area is 60.5 Å². The molecule has 0 bridgehead atoms. The van der Waals surface area contributed by atoms with Crippen molar-refractivity contribution in [3.05, 3.63) is 35.1 Å². The van der Waals surface area contributed by atoms with E-state index in [0.29, 0.717) is 0 Å². The number of hydrogen-bond acceptors (Lipinski definition) is 1. The summed E-state index contributed by atoms with van der Waals surface area (Å²) in [5.41, 5.74) is 4.91. The lowest BCUT2D eigenvalue weighted by molar-refractivity contribution is 1.41. The lowest BCUT2D eigenvalue weighted by Crippen LogP contribution is -1.87. The van der Waals surface area contributed by atoms with E-state index in [9.17, 15) is 0 Å². The van der Waals surface area contributed by atoms with Gasteiger partial charge in [-0.15, -0.1) is 0 Å². The highest BCUT2D eigenvalue weighted by molar-refractivity contribution is 6.03. The number of aliphatic imine (C=N–C) groups is 1. The minimum Gasteiger partial charge on any atom is -0.253 e. The van der Waals surface area contributed by atoms with Gasteiger partial charge in [-0.25, -0.2) is 0 Å². The highest BCUT2D eigenvalue weighted by Crippen LogP contribution is 2.29. The molecule has 0 N–H and O–H groups in total. The Bertz CT molecular complexity index is 301. The van der Waals surface area contributed by atoms with E-state index in [-0.39, 0.29) is 0 Å². The third-order valence-electron chi connectivity index (χ3n) is 2.03. The molecule has 0 radical (unpaired) electrons. The maximum absolute atomic E-state index is 4.37. The van der Waals surface area contributed by atoms with Crippen molar-refractivity contribution in [3.8, 4) is 0 Å². The molecule has 1 aliphatic carbocycles. The molecule has 0 atom stereocenters. The second kappa shape index (κ2) is 1.69. The first-order valence-corrected chi connectivity index (χ1v) is 3.44. The van der Waals surface area contributed by atoms with E-state index in [2.05, 4.69) is 31.0 Å². The van der Waals surface area contributed by atoms with E-state index in [1.165, 1.54) is 11.1 Å². The maximum Gasteiger partial charge on any atom is 0.0708 e. The second-order valence-corrected chi connectivity index (χ2v) is 2.65. The third kappa shape index (κ3) is 0.548. The van der Waals surface area contributed by atoms with Crippen LogP contribution in [-0.4, -0.2) is 5.71 Å². The van der Waals surface area contributed by atoms with Crippen molar-refractivity contribution in [1.29, 1.82) is 0 Å². The van der Waals surface area contributed by atoms with Crippen LogP contribution in [0.5, 0.6) is 0 Å². The topological polar surface area (TPSA) is 12.4 Å². The van der Waals surface area contributed by atoms with Crippen molar-refractivity contribution in [1.82, 2.24) is 0 Å². The molecule has 1 heteroatoms. The van der Waals surface area contributed by atoms with Crippen molar-refractivity contribution in [3.63, 3.8) is 0 Å². The van der Waals surface area contributed by atoms with Gasteiger partial charge >= 0.3 is 0 Å². The van der Waals surface area contributed by atoms with Crippen LogP contribution in [-0.2, 0) is 0 Å². The Kier molecular flexibility index (Phi) is 0.956. The summed E-state index contributed by atoms with van der Waals surface area (Å²) in [6.45, 7) is 4.17. The van der Waals surface area contributed by atoms with Crippen molar-refractivity contribution in [2.75, 3.05) is 0 Å². The molecule has 0 fully saturated rings. The van der Waals surface area contributed by atoms with Crippen LogP contribution in [0.2, 0.25) is 0 Å². The highest BCUT2D eigenvalue weighted by Gasteiger charge is 2.16. The molecule has 0 aromatic heterocycles. The van der Waals surface area contributed by atoms with Crippen LogP contribution in [0.4, 0.5) is 0 Å². The summed E-state index contributed by atoms with van der Waals surface area (Å²) >= 11 is 0. The molecule has 0 amide bonds. The van der Waals surface area contributed by atoms with Gasteiger partial charge in [0.25, 0.3) is 0 Å². The van der Waals surface area contributed by atoms with E-state index < -0.39 is 0 Å². The van der Waals surface area contributed by atoms with Gasteiger partial charge in [0.1, 0.15) is 0 Å². The largest absolute Gasteiger partial charge is 0.253 e. The lowest BCUT2D eigenvalue weighted by atomic mass is 10.1. The van der Waals surface area contributed by atoms with Crippen molar-refractivity contribution < 1.29 is 0 Å². The van der Waals surface area contributed by atoms with Gasteiger partial charge in [0.05, 0.1) is 5.70 Å². The molecule has 0 saturated heterocycles. The first-order valence-electron chi connectivity index (χ1n) is 3.44. The van der Waals surface area contributed by atoms with Crippen molar-refractivity contribution >= 4 is 5.71 Å². The van der Waals surface area contributed by atoms with Gasteiger partial charge in [0.15, 0.2) is 0 Å². The molecular weight excluding hydrogens is 122 g/mol. The summed E-state index contributed by atoms with van der Waals surface area (Å²) in [5, 5.41) is 0. The number of fused-ring (bicyclic) bond motifs is 1. The minimum absolute atomic E-state index is 1.13. The second-order valence-electron chi connectivity index (χ2n) is 2.65. The van der Waals surface area contributed by atoms with Crippen LogP contribution in [0, 0.1) is 0 Å². The summed E-state index contributed by atoms with van der Waals surface area (Å²) in [4.78, 5) is 4.37. The normalized spacial score (nSPS) is 21.4. The molecule has 0 unspecified atom stereocenters. The molecule has 1 aliphatic heterocycles. The van der Waals surface area contributed by atoms with E-state index in [1.54, 1.807) is 0 Å². The van der Waals surface area contributed by atoms with Crippen LogP contribution >= 0.6 is 0 Å². The van der Waals surface area contributed by atoms with Gasteiger partial charge in [-0.05, 0) is 25.5 Å². The zero-order chi connectivity index (χ0) is 7.14. The summed E-state index contributed by atoms with van der Waals surface area (Å²) in [6, 6.07) is 0. The van der Waals surface area contributed by atoms with Crippen molar-refractivity contribution in [2.45, 2.75) is 13.8 Å². The van der Waals surface area contributed by atoms with E-state index in [0.717, 1.165) is 11.4 Å². The smallest absolute Gasteiger partial charge is 0.0708 e. The highest BCUT2D eigenvalue weighted by atomic mass is 14.8. The van der Waals surface area contributed by atoms with Gasteiger partial charge in [0, 0.05) is 11.3 Å². The first kappa shape index (κ1) is 5.66. The molecule has 2 rings (SSSR count). The molecule has 0 aromatic carbocycles. The number of nitrogens with zero attached hydrogens (tertiary/aromatic N) is 1. The first-order chi connectivity index (χ1) is 4.79. The van der Waals surface area contributed by atoms with Gasteiger partial charge in [-0.3, -0.25) is 4.99 Å². The summed E-state index contributed by atoms with van der Waals surface area (Å²) in [6.07, 6.45) is 6.21. The predicted octanol–water partition coefficient (Wildman–Crippen LogP) is 2.23. The molecule has 2 aliphatic rings. The maximum atomic E-state index is 4.37. The molecule has 0 aromatic rings. The van der Waals surface area contributed by atoms with Crippen molar-refractivity contribution in [2.24, 2.45) is 4.99 Å². The molecule has 0 spiro atoms. The molecular formula is C9H9N. The van der Waals surface area contributed by atoms with Crippen LogP contribution in [0.15, 0.2) is 40.1 Å². The number of hydrogen-bond donors (Lipinski definition) is 0. The Morgan fingerprint density at radius 1 is 1.30 bits per heavy atom. The molecule has 10 heavy (non-hydrogen) atoms. The molecule has 0 saturated carbocycles. The molecule has 1 nitrogen and oxygen atoms in total. The van der Waals surface area contributed by atoms with Gasteiger partial charge in [-0.1, -0.05) is 12.2 Å². The summed E-state index contributed by atoms with van der Waals surface area (Å²) in [5.74, 6) is 0. The SMILES string of the molecule is CC1=NC2=CC=CC2=C1C. The zero-order valence-corrected chi connectivity index (χ0v) is 6.18. The standard InChI is InChI=1S/C9H9N/c1-6-7(2)10-9-5-3-4-8(6)9/h3-5H,1-2H3. The van der Waals surface area contributed by atoms with Crippen LogP contribution < -0.4 is 0 Å². The Balaban J connectivity index is 2.61. The van der Waals surface area contributed by atoms with Crippen LogP contribution in [0.1, 0.15) is 13.8 Å². The quantitative estimate of drug-likeness (QED) is 0.478. The molecule has 1 heterocycles. The van der Waals surface area contributed by atoms with E-state index in [4.69, 9.17) is 0 Å². The number of allylic oxidation sites excluding steroid dienone is 4. The fourth-order valence-corrected chi connectivity index (χ4v) is 1.28. The fraction of sp³-hybridized carbons (Fsp3) is 0.222. The predicted molar refractivity (Wildman–Crippen MR) is 43.0 cm³/mol. The van der Waals surface area contributed by atoms with Crippen LogP contribution in [0.25, 0.3) is 0 Å². The third-order valence-corrected chi connectivity index (χ3v) is 2.03. The Morgan fingerprint density at radius 3 is 2.80 bits per heavy atom. The Morgan fingerprint density at radius 2 is 2.10 bits per heavy atom. The summed E-state index contributed by atoms with van der Waals surface area (Å²) < 4.78 is 0. The fourth-order valence-electron chi connectivity index (χ4n) is 1.28. The van der Waals surface area contributed by atoms with E-state index >= 15 is 0 Å². The van der Waals surface area contributed by atoms with Crippen LogP contribution in [0.3, 0.4) is 0 Å². The monoisotopic (exact) mass is 131 g/mol. The minimum atomic E-state index is 1.13. The van der Waals surface area contributed by atoms with Gasteiger partial charge in [-0.2, -0.15) is 0 Å². The average Bonchev–Trinajstić information content (AvgIpc) is 2.41. The summed E-state index contributed by atoms with van der Waals surface area (Å²) in [7, 11) is 0. The van der Waals surface area contributed by atoms with E-state index in [1.807, 2.05) is 6.08 Å². The van der Waals surface area contributed by atoms with Gasteiger partial charge in [0.2, 0.25) is 0 Å². The van der Waals surface area contributed by atoms with Gasteiger partial charge < -0.3 is 0 Å². The number of rotatable bonds is 0. The lowest BCUT2D eigenvalue weighted by Gasteiger charge is -1.91.